The molecule has 0 unspecified atom stereocenters. The van der Waals surface area contributed by atoms with Crippen LogP contribution in [0.1, 0.15) is 56.5 Å². The largest absolute Gasteiger partial charge is 0.465 e. The van der Waals surface area contributed by atoms with Gasteiger partial charge in [-0.05, 0) is 57.1 Å². The summed E-state index contributed by atoms with van der Waals surface area (Å²) in [6, 6.07) is 4.17. The lowest BCUT2D eigenvalue weighted by Crippen LogP contribution is -2.56. The maximum atomic E-state index is 6.29. The molecule has 3 fully saturated rings. The molecule has 1 aromatic rings. The average Bonchev–Trinajstić information content (AvgIpc) is 3.26. The summed E-state index contributed by atoms with van der Waals surface area (Å²) in [4.78, 5) is 2.54. The number of nitrogens with zero attached hydrogens (tertiary/aromatic N) is 1. The van der Waals surface area contributed by atoms with Crippen molar-refractivity contribution in [2.75, 3.05) is 32.9 Å². The van der Waals surface area contributed by atoms with E-state index in [4.69, 9.17) is 13.9 Å². The third-order valence-electron chi connectivity index (χ3n) is 6.46. The first-order valence-corrected chi connectivity index (χ1v) is 10.2. The summed E-state index contributed by atoms with van der Waals surface area (Å²) < 4.78 is 18.3. The second-order valence-corrected chi connectivity index (χ2v) is 8.50. The highest BCUT2D eigenvalue weighted by atomic mass is 16.5. The number of aryl methyl sites for hydroxylation is 1. The molecule has 4 rings (SSSR count). The molecule has 0 bridgehead atoms. The minimum atomic E-state index is 0.177. The lowest BCUT2D eigenvalue weighted by atomic mass is 9.73. The molecule has 0 aromatic carbocycles. The monoisotopic (exact) mass is 347 g/mol. The number of fused-ring (bicyclic) bond motifs is 1. The van der Waals surface area contributed by atoms with E-state index in [0.29, 0.717) is 6.10 Å². The van der Waals surface area contributed by atoms with Crippen molar-refractivity contribution in [1.29, 1.82) is 0 Å². The topological polar surface area (TPSA) is 34.8 Å². The van der Waals surface area contributed by atoms with E-state index in [1.54, 1.807) is 0 Å². The van der Waals surface area contributed by atoms with Crippen molar-refractivity contribution in [3.63, 3.8) is 0 Å². The van der Waals surface area contributed by atoms with Crippen LogP contribution < -0.4 is 0 Å². The number of hydrogen-bond acceptors (Lipinski definition) is 4. The van der Waals surface area contributed by atoms with Crippen molar-refractivity contribution in [3.8, 4) is 0 Å². The van der Waals surface area contributed by atoms with Crippen molar-refractivity contribution < 1.29 is 13.9 Å². The van der Waals surface area contributed by atoms with Crippen molar-refractivity contribution in [3.05, 3.63) is 23.7 Å². The predicted octanol–water partition coefficient (Wildman–Crippen LogP) is 4.17. The van der Waals surface area contributed by atoms with Crippen LogP contribution in [0.3, 0.4) is 0 Å². The molecule has 2 aliphatic heterocycles. The molecule has 0 amide bonds. The first-order valence-electron chi connectivity index (χ1n) is 10.2. The van der Waals surface area contributed by atoms with Gasteiger partial charge in [-0.1, -0.05) is 12.8 Å². The van der Waals surface area contributed by atoms with Crippen LogP contribution >= 0.6 is 0 Å². The van der Waals surface area contributed by atoms with Gasteiger partial charge in [0, 0.05) is 31.7 Å². The van der Waals surface area contributed by atoms with Crippen LogP contribution in [0.15, 0.2) is 16.5 Å². The molecular weight excluding hydrogens is 314 g/mol. The normalized spacial score (nSPS) is 31.3. The Balaban J connectivity index is 1.37. The molecule has 25 heavy (non-hydrogen) atoms. The fraction of sp³-hybridized carbons (Fsp3) is 0.810. The number of hydrogen-bond donors (Lipinski definition) is 0. The Labute approximate surface area is 151 Å². The zero-order chi connectivity index (χ0) is 17.1. The van der Waals surface area contributed by atoms with Gasteiger partial charge in [0.1, 0.15) is 11.5 Å². The standard InChI is InChI=1S/C21H33NO3/c1-17-7-8-19(25-17)13-22-11-9-20-21(15-22,10-4-12-24-20)16-23-14-18-5-2-3-6-18/h7-8,18,20H,2-6,9-16H2,1H3/t20-,21-/m0/s1. The van der Waals surface area contributed by atoms with Gasteiger partial charge in [-0.15, -0.1) is 0 Å². The molecule has 3 heterocycles. The van der Waals surface area contributed by atoms with Crippen LogP contribution in [0.5, 0.6) is 0 Å². The molecule has 2 atom stereocenters. The van der Waals surface area contributed by atoms with Crippen LogP contribution in [0.4, 0.5) is 0 Å². The van der Waals surface area contributed by atoms with Crippen molar-refractivity contribution in [1.82, 2.24) is 4.90 Å². The molecule has 0 spiro atoms. The molecule has 1 aliphatic carbocycles. The summed E-state index contributed by atoms with van der Waals surface area (Å²) in [5.74, 6) is 2.88. The Kier molecular flexibility index (Phi) is 5.49. The number of likely N-dealkylation sites (tertiary alicyclic amines) is 1. The molecule has 1 saturated carbocycles. The number of rotatable bonds is 6. The lowest BCUT2D eigenvalue weighted by Gasteiger charge is -2.50. The summed E-state index contributed by atoms with van der Waals surface area (Å²) in [6.45, 7) is 7.82. The second-order valence-electron chi connectivity index (χ2n) is 8.50. The van der Waals surface area contributed by atoms with Gasteiger partial charge in [0.05, 0.1) is 19.3 Å². The highest BCUT2D eigenvalue weighted by molar-refractivity contribution is 5.06. The van der Waals surface area contributed by atoms with Gasteiger partial charge in [0.2, 0.25) is 0 Å². The maximum absolute atomic E-state index is 6.29. The zero-order valence-electron chi connectivity index (χ0n) is 15.7. The summed E-state index contributed by atoms with van der Waals surface area (Å²) in [5, 5.41) is 0. The minimum Gasteiger partial charge on any atom is -0.465 e. The first kappa shape index (κ1) is 17.6. The smallest absolute Gasteiger partial charge is 0.118 e. The fourth-order valence-electron chi connectivity index (χ4n) is 5.12. The fourth-order valence-corrected chi connectivity index (χ4v) is 5.12. The Morgan fingerprint density at radius 2 is 2.08 bits per heavy atom. The third-order valence-corrected chi connectivity index (χ3v) is 6.46. The van der Waals surface area contributed by atoms with E-state index >= 15 is 0 Å². The first-order chi connectivity index (χ1) is 12.2. The van der Waals surface area contributed by atoms with Crippen LogP contribution in [-0.2, 0) is 16.0 Å². The molecule has 1 aromatic heterocycles. The second kappa shape index (κ2) is 7.81. The summed E-state index contributed by atoms with van der Waals surface area (Å²) in [7, 11) is 0. The lowest BCUT2D eigenvalue weighted by molar-refractivity contribution is -0.156. The SMILES string of the molecule is Cc1ccc(CN2CC[C@@H]3OCCC[C@@]3(COCC3CCCC3)C2)o1. The van der Waals surface area contributed by atoms with E-state index < -0.39 is 0 Å². The molecule has 2 saturated heterocycles. The Hall–Kier alpha value is -0.840. The van der Waals surface area contributed by atoms with E-state index in [1.807, 2.05) is 6.92 Å². The van der Waals surface area contributed by atoms with Gasteiger partial charge in [-0.3, -0.25) is 4.90 Å². The minimum absolute atomic E-state index is 0.177. The molecular formula is C21H33NO3. The molecule has 4 heteroatoms. The van der Waals surface area contributed by atoms with Gasteiger partial charge in [0.25, 0.3) is 0 Å². The van der Waals surface area contributed by atoms with E-state index in [1.165, 1.54) is 32.1 Å². The molecule has 0 radical (unpaired) electrons. The average molecular weight is 347 g/mol. The van der Waals surface area contributed by atoms with E-state index in [0.717, 1.165) is 69.7 Å². The molecule has 3 aliphatic rings. The van der Waals surface area contributed by atoms with Gasteiger partial charge < -0.3 is 13.9 Å². The quantitative estimate of drug-likeness (QED) is 0.774. The summed E-state index contributed by atoms with van der Waals surface area (Å²) >= 11 is 0. The maximum Gasteiger partial charge on any atom is 0.118 e. The Morgan fingerprint density at radius 3 is 2.88 bits per heavy atom. The van der Waals surface area contributed by atoms with Gasteiger partial charge in [-0.25, -0.2) is 0 Å². The summed E-state index contributed by atoms with van der Waals surface area (Å²) in [5.41, 5.74) is 0.177. The van der Waals surface area contributed by atoms with Crippen molar-refractivity contribution in [2.24, 2.45) is 11.3 Å². The van der Waals surface area contributed by atoms with E-state index in [2.05, 4.69) is 17.0 Å². The van der Waals surface area contributed by atoms with Crippen LogP contribution in [0.25, 0.3) is 0 Å². The van der Waals surface area contributed by atoms with Crippen LogP contribution in [0, 0.1) is 18.3 Å². The molecule has 0 N–H and O–H groups in total. The van der Waals surface area contributed by atoms with E-state index in [-0.39, 0.29) is 5.41 Å². The van der Waals surface area contributed by atoms with Crippen LogP contribution in [-0.4, -0.2) is 43.9 Å². The van der Waals surface area contributed by atoms with Crippen LogP contribution in [0.2, 0.25) is 0 Å². The number of furan rings is 1. The van der Waals surface area contributed by atoms with Gasteiger partial charge in [-0.2, -0.15) is 0 Å². The van der Waals surface area contributed by atoms with Crippen molar-refractivity contribution >= 4 is 0 Å². The van der Waals surface area contributed by atoms with E-state index in [9.17, 15) is 0 Å². The van der Waals surface area contributed by atoms with Gasteiger partial charge >= 0.3 is 0 Å². The Morgan fingerprint density at radius 1 is 1.20 bits per heavy atom. The molecule has 140 valence electrons. The van der Waals surface area contributed by atoms with Gasteiger partial charge in [0.15, 0.2) is 0 Å². The number of ether oxygens (including phenoxy) is 2. The highest BCUT2D eigenvalue weighted by Gasteiger charge is 2.46. The molecule has 4 nitrogen and oxygen atoms in total. The highest BCUT2D eigenvalue weighted by Crippen LogP contribution is 2.41. The van der Waals surface area contributed by atoms with Crippen molar-refractivity contribution in [2.45, 2.75) is 64.5 Å². The Bertz CT molecular complexity index is 551. The number of piperidine rings is 1. The third kappa shape index (κ3) is 4.12. The zero-order valence-corrected chi connectivity index (χ0v) is 15.7. The predicted molar refractivity (Wildman–Crippen MR) is 97.5 cm³/mol. The summed E-state index contributed by atoms with van der Waals surface area (Å²) in [6.07, 6.45) is 9.38.